The second-order valence-electron chi connectivity index (χ2n) is 3.67. The standard InChI is InChI=1S/C11H18N2/c1-8(2)13-7-10-5-4-6-11(12)9(10)3/h4-6,8,13H,7,12H2,1-3H3. The molecule has 1 aromatic rings. The molecule has 0 spiro atoms. The molecule has 1 aromatic carbocycles. The van der Waals surface area contributed by atoms with E-state index >= 15 is 0 Å². The number of nitrogen functional groups attached to an aromatic ring is 1. The summed E-state index contributed by atoms with van der Waals surface area (Å²) in [5, 5.41) is 3.37. The van der Waals surface area contributed by atoms with Gasteiger partial charge in [0.1, 0.15) is 0 Å². The number of benzene rings is 1. The SMILES string of the molecule is Cc1c(N)cccc1CNC(C)C. The van der Waals surface area contributed by atoms with Crippen LogP contribution in [0.4, 0.5) is 5.69 Å². The number of rotatable bonds is 3. The Morgan fingerprint density at radius 1 is 1.38 bits per heavy atom. The Morgan fingerprint density at radius 3 is 2.69 bits per heavy atom. The van der Waals surface area contributed by atoms with Crippen LogP contribution in [-0.4, -0.2) is 6.04 Å². The summed E-state index contributed by atoms with van der Waals surface area (Å²) < 4.78 is 0. The fourth-order valence-corrected chi connectivity index (χ4v) is 1.21. The molecule has 0 saturated heterocycles. The molecule has 1 rings (SSSR count). The van der Waals surface area contributed by atoms with E-state index in [2.05, 4.69) is 32.2 Å². The normalized spacial score (nSPS) is 10.8. The quantitative estimate of drug-likeness (QED) is 0.695. The number of anilines is 1. The summed E-state index contributed by atoms with van der Waals surface area (Å²) in [6, 6.07) is 6.57. The van der Waals surface area contributed by atoms with E-state index in [4.69, 9.17) is 5.73 Å². The molecule has 0 amide bonds. The average Bonchev–Trinajstić information content (AvgIpc) is 2.07. The first-order valence-electron chi connectivity index (χ1n) is 4.68. The second kappa shape index (κ2) is 4.28. The lowest BCUT2D eigenvalue weighted by Gasteiger charge is -2.11. The van der Waals surface area contributed by atoms with E-state index in [1.165, 1.54) is 11.1 Å². The maximum atomic E-state index is 5.80. The van der Waals surface area contributed by atoms with Crippen LogP contribution < -0.4 is 11.1 Å². The van der Waals surface area contributed by atoms with Crippen molar-refractivity contribution in [3.05, 3.63) is 29.3 Å². The molecular weight excluding hydrogens is 160 g/mol. The highest BCUT2D eigenvalue weighted by atomic mass is 14.9. The van der Waals surface area contributed by atoms with Gasteiger partial charge in [-0.05, 0) is 24.1 Å². The van der Waals surface area contributed by atoms with E-state index in [1.807, 2.05) is 12.1 Å². The molecule has 2 heteroatoms. The summed E-state index contributed by atoms with van der Waals surface area (Å²) in [5.74, 6) is 0. The van der Waals surface area contributed by atoms with E-state index in [-0.39, 0.29) is 0 Å². The zero-order valence-corrected chi connectivity index (χ0v) is 8.59. The van der Waals surface area contributed by atoms with Gasteiger partial charge in [-0.15, -0.1) is 0 Å². The first-order chi connectivity index (χ1) is 6.11. The largest absolute Gasteiger partial charge is 0.399 e. The molecule has 0 unspecified atom stereocenters. The Morgan fingerprint density at radius 2 is 2.08 bits per heavy atom. The van der Waals surface area contributed by atoms with Crippen LogP contribution >= 0.6 is 0 Å². The van der Waals surface area contributed by atoms with Crippen molar-refractivity contribution < 1.29 is 0 Å². The minimum Gasteiger partial charge on any atom is -0.399 e. The Hall–Kier alpha value is -1.02. The van der Waals surface area contributed by atoms with Gasteiger partial charge in [0.2, 0.25) is 0 Å². The molecule has 0 atom stereocenters. The summed E-state index contributed by atoms with van der Waals surface area (Å²) >= 11 is 0. The molecule has 0 fully saturated rings. The van der Waals surface area contributed by atoms with Crippen molar-refractivity contribution in [2.75, 3.05) is 5.73 Å². The molecule has 0 aliphatic rings. The highest BCUT2D eigenvalue weighted by Crippen LogP contribution is 2.15. The molecule has 0 saturated carbocycles. The first kappa shape index (κ1) is 10.1. The monoisotopic (exact) mass is 178 g/mol. The molecular formula is C11H18N2. The molecule has 13 heavy (non-hydrogen) atoms. The Bertz CT molecular complexity index is 279. The number of hydrogen-bond acceptors (Lipinski definition) is 2. The van der Waals surface area contributed by atoms with E-state index < -0.39 is 0 Å². The van der Waals surface area contributed by atoms with Gasteiger partial charge in [0.05, 0.1) is 0 Å². The lowest BCUT2D eigenvalue weighted by Crippen LogP contribution is -2.22. The summed E-state index contributed by atoms with van der Waals surface area (Å²) in [6.07, 6.45) is 0. The van der Waals surface area contributed by atoms with Crippen molar-refractivity contribution >= 4 is 5.69 Å². The average molecular weight is 178 g/mol. The van der Waals surface area contributed by atoms with Gasteiger partial charge >= 0.3 is 0 Å². The predicted octanol–water partition coefficient (Wildman–Crippen LogP) is 2.08. The van der Waals surface area contributed by atoms with Gasteiger partial charge < -0.3 is 11.1 Å². The van der Waals surface area contributed by atoms with Crippen molar-refractivity contribution in [3.63, 3.8) is 0 Å². The Labute approximate surface area is 80.1 Å². The number of nitrogens with two attached hydrogens (primary N) is 1. The van der Waals surface area contributed by atoms with Crippen LogP contribution in [0.15, 0.2) is 18.2 Å². The van der Waals surface area contributed by atoms with Crippen LogP contribution in [-0.2, 0) is 6.54 Å². The Balaban J connectivity index is 2.71. The molecule has 0 aliphatic heterocycles. The second-order valence-corrected chi connectivity index (χ2v) is 3.67. The first-order valence-corrected chi connectivity index (χ1v) is 4.68. The topological polar surface area (TPSA) is 38.0 Å². The van der Waals surface area contributed by atoms with Gasteiger partial charge in [-0.1, -0.05) is 26.0 Å². The van der Waals surface area contributed by atoms with Gasteiger partial charge in [0, 0.05) is 18.3 Å². The van der Waals surface area contributed by atoms with Crippen molar-refractivity contribution in [1.82, 2.24) is 5.32 Å². The van der Waals surface area contributed by atoms with Crippen LogP contribution in [0.1, 0.15) is 25.0 Å². The summed E-state index contributed by atoms with van der Waals surface area (Å²) in [6.45, 7) is 7.24. The van der Waals surface area contributed by atoms with Crippen molar-refractivity contribution in [1.29, 1.82) is 0 Å². The highest BCUT2D eigenvalue weighted by Gasteiger charge is 2.00. The summed E-state index contributed by atoms with van der Waals surface area (Å²) in [5.41, 5.74) is 9.15. The number of nitrogens with one attached hydrogen (secondary N) is 1. The molecule has 0 aliphatic carbocycles. The van der Waals surface area contributed by atoms with Crippen LogP contribution in [0.25, 0.3) is 0 Å². The van der Waals surface area contributed by atoms with Crippen LogP contribution in [0.2, 0.25) is 0 Å². The molecule has 3 N–H and O–H groups in total. The third-order valence-electron chi connectivity index (χ3n) is 2.19. The highest BCUT2D eigenvalue weighted by molar-refractivity contribution is 5.49. The fourth-order valence-electron chi connectivity index (χ4n) is 1.21. The van der Waals surface area contributed by atoms with E-state index in [0.29, 0.717) is 6.04 Å². The molecule has 0 radical (unpaired) electrons. The van der Waals surface area contributed by atoms with Crippen LogP contribution in [0.5, 0.6) is 0 Å². The van der Waals surface area contributed by atoms with E-state index in [0.717, 1.165) is 12.2 Å². The lowest BCUT2D eigenvalue weighted by molar-refractivity contribution is 0.587. The summed E-state index contributed by atoms with van der Waals surface area (Å²) in [7, 11) is 0. The van der Waals surface area contributed by atoms with Gasteiger partial charge in [-0.2, -0.15) is 0 Å². The van der Waals surface area contributed by atoms with Gasteiger partial charge in [0.25, 0.3) is 0 Å². The Kier molecular flexibility index (Phi) is 3.32. The van der Waals surface area contributed by atoms with E-state index in [1.54, 1.807) is 0 Å². The number of hydrogen-bond donors (Lipinski definition) is 2. The van der Waals surface area contributed by atoms with Gasteiger partial charge in [-0.25, -0.2) is 0 Å². The molecule has 0 bridgehead atoms. The van der Waals surface area contributed by atoms with Gasteiger partial charge in [0.15, 0.2) is 0 Å². The van der Waals surface area contributed by atoms with E-state index in [9.17, 15) is 0 Å². The van der Waals surface area contributed by atoms with Gasteiger partial charge in [-0.3, -0.25) is 0 Å². The molecule has 72 valence electrons. The molecule has 2 nitrogen and oxygen atoms in total. The minimum atomic E-state index is 0.515. The fraction of sp³-hybridized carbons (Fsp3) is 0.455. The smallest absolute Gasteiger partial charge is 0.0346 e. The van der Waals surface area contributed by atoms with Crippen molar-refractivity contribution in [2.45, 2.75) is 33.4 Å². The predicted molar refractivity (Wildman–Crippen MR) is 57.6 cm³/mol. The third-order valence-corrected chi connectivity index (χ3v) is 2.19. The third kappa shape index (κ3) is 2.74. The van der Waals surface area contributed by atoms with Crippen molar-refractivity contribution in [3.8, 4) is 0 Å². The maximum Gasteiger partial charge on any atom is 0.0346 e. The van der Waals surface area contributed by atoms with Crippen LogP contribution in [0, 0.1) is 6.92 Å². The molecule has 0 heterocycles. The van der Waals surface area contributed by atoms with Crippen LogP contribution in [0.3, 0.4) is 0 Å². The summed E-state index contributed by atoms with van der Waals surface area (Å²) in [4.78, 5) is 0. The minimum absolute atomic E-state index is 0.515. The molecule has 0 aromatic heterocycles. The van der Waals surface area contributed by atoms with Crippen molar-refractivity contribution in [2.24, 2.45) is 0 Å². The zero-order chi connectivity index (χ0) is 9.84. The zero-order valence-electron chi connectivity index (χ0n) is 8.59. The maximum absolute atomic E-state index is 5.80. The lowest BCUT2D eigenvalue weighted by atomic mass is 10.1.